The number of amides is 4. The van der Waals surface area contributed by atoms with E-state index in [2.05, 4.69) is 6.08 Å². The molecule has 8 heteroatoms. The lowest BCUT2D eigenvalue weighted by atomic mass is 9.97. The van der Waals surface area contributed by atoms with Crippen molar-refractivity contribution < 1.29 is 19.1 Å². The number of carbonyl (C=O) groups excluding carboxylic acids is 3. The number of ether oxygens (including phenoxy) is 1. The average Bonchev–Trinajstić information content (AvgIpc) is 2.90. The van der Waals surface area contributed by atoms with Gasteiger partial charge in [-0.3, -0.25) is 19.4 Å². The van der Waals surface area contributed by atoms with Crippen molar-refractivity contribution in [1.82, 2.24) is 14.7 Å². The number of benzene rings is 1. The first-order chi connectivity index (χ1) is 13.9. The minimum atomic E-state index is -0.780. The summed E-state index contributed by atoms with van der Waals surface area (Å²) in [6.45, 7) is 0.664. The molecule has 0 atom stereocenters. The third-order valence-electron chi connectivity index (χ3n) is 5.24. The molecule has 1 aliphatic heterocycles. The molecule has 1 aliphatic carbocycles. The molecule has 0 spiro atoms. The van der Waals surface area contributed by atoms with E-state index in [-0.39, 0.29) is 13.2 Å². The van der Waals surface area contributed by atoms with Crippen LogP contribution >= 0.6 is 11.6 Å². The number of methoxy groups -OCH3 is 1. The van der Waals surface area contributed by atoms with Crippen LogP contribution in [0.5, 0.6) is 5.75 Å². The minimum absolute atomic E-state index is 0.0122. The van der Waals surface area contributed by atoms with E-state index in [4.69, 9.17) is 16.3 Å². The Morgan fingerprint density at radius 3 is 2.59 bits per heavy atom. The third kappa shape index (κ3) is 4.97. The van der Waals surface area contributed by atoms with Crippen LogP contribution in [0.15, 0.2) is 29.8 Å². The SMILES string of the molecule is COc1ccc(Cl)cc1CN(C)CN1C(=O)C(=O)N(CCC2=CCCCC2)C1=O. The molecule has 2 aliphatic rings. The molecule has 156 valence electrons. The summed E-state index contributed by atoms with van der Waals surface area (Å²) in [5.41, 5.74) is 2.09. The highest BCUT2D eigenvalue weighted by Gasteiger charge is 2.44. The topological polar surface area (TPSA) is 70.2 Å². The molecule has 0 saturated carbocycles. The molecule has 1 aromatic carbocycles. The Labute approximate surface area is 175 Å². The summed E-state index contributed by atoms with van der Waals surface area (Å²) in [6.07, 6.45) is 7.17. The molecule has 4 amide bonds. The molecule has 0 radical (unpaired) electrons. The number of rotatable bonds is 8. The van der Waals surface area contributed by atoms with E-state index in [9.17, 15) is 14.4 Å². The number of nitrogens with zero attached hydrogens (tertiary/aromatic N) is 3. The maximum absolute atomic E-state index is 12.7. The average molecular weight is 420 g/mol. The zero-order chi connectivity index (χ0) is 21.0. The highest BCUT2D eigenvalue weighted by Crippen LogP contribution is 2.25. The Hall–Kier alpha value is -2.38. The fraction of sp³-hybridized carbons (Fsp3) is 0.476. The van der Waals surface area contributed by atoms with Crippen LogP contribution in [0.1, 0.15) is 37.7 Å². The summed E-state index contributed by atoms with van der Waals surface area (Å²) < 4.78 is 5.34. The van der Waals surface area contributed by atoms with Crippen molar-refractivity contribution >= 4 is 29.4 Å². The number of hydrogen-bond donors (Lipinski definition) is 0. The van der Waals surface area contributed by atoms with Gasteiger partial charge in [0.05, 0.1) is 13.8 Å². The first kappa shape index (κ1) is 21.3. The van der Waals surface area contributed by atoms with Crippen molar-refractivity contribution in [2.24, 2.45) is 0 Å². The molecule has 3 rings (SSSR count). The largest absolute Gasteiger partial charge is 0.496 e. The smallest absolute Gasteiger partial charge is 0.335 e. The summed E-state index contributed by atoms with van der Waals surface area (Å²) in [4.78, 5) is 41.2. The zero-order valence-electron chi connectivity index (χ0n) is 16.8. The van der Waals surface area contributed by atoms with Crippen LogP contribution < -0.4 is 4.74 Å². The Balaban J connectivity index is 1.62. The van der Waals surface area contributed by atoms with Crippen LogP contribution in [0, 0.1) is 0 Å². The highest BCUT2D eigenvalue weighted by atomic mass is 35.5. The quantitative estimate of drug-likeness (QED) is 0.367. The minimum Gasteiger partial charge on any atom is -0.496 e. The molecule has 0 unspecified atom stereocenters. The predicted molar refractivity (Wildman–Crippen MR) is 109 cm³/mol. The molecule has 1 fully saturated rings. The molecule has 0 N–H and O–H groups in total. The second kappa shape index (κ2) is 9.41. The van der Waals surface area contributed by atoms with Gasteiger partial charge < -0.3 is 4.74 Å². The van der Waals surface area contributed by atoms with Gasteiger partial charge in [0.15, 0.2) is 0 Å². The molecule has 1 aromatic rings. The van der Waals surface area contributed by atoms with E-state index < -0.39 is 17.8 Å². The van der Waals surface area contributed by atoms with Crippen molar-refractivity contribution in [3.05, 3.63) is 40.4 Å². The van der Waals surface area contributed by atoms with Gasteiger partial charge >= 0.3 is 17.8 Å². The Morgan fingerprint density at radius 1 is 1.14 bits per heavy atom. The maximum Gasteiger partial charge on any atom is 0.335 e. The lowest BCUT2D eigenvalue weighted by Crippen LogP contribution is -2.40. The maximum atomic E-state index is 12.7. The number of carbonyl (C=O) groups is 3. The Kier molecular flexibility index (Phi) is 6.92. The molecule has 1 saturated heterocycles. The van der Waals surface area contributed by atoms with Gasteiger partial charge in [0.2, 0.25) is 0 Å². The van der Waals surface area contributed by atoms with E-state index in [0.717, 1.165) is 34.6 Å². The van der Waals surface area contributed by atoms with Crippen LogP contribution in [-0.4, -0.2) is 59.9 Å². The van der Waals surface area contributed by atoms with Crippen molar-refractivity contribution in [2.45, 2.75) is 38.6 Å². The summed E-state index contributed by atoms with van der Waals surface area (Å²) in [5, 5.41) is 0.570. The lowest BCUT2D eigenvalue weighted by molar-refractivity contribution is -0.143. The number of halogens is 1. The van der Waals surface area contributed by atoms with Crippen molar-refractivity contribution in [3.63, 3.8) is 0 Å². The van der Waals surface area contributed by atoms with Gasteiger partial charge in [-0.25, -0.2) is 9.69 Å². The second-order valence-corrected chi connectivity index (χ2v) is 7.88. The van der Waals surface area contributed by atoms with Crippen molar-refractivity contribution in [3.8, 4) is 5.75 Å². The molecular weight excluding hydrogens is 394 g/mol. The van der Waals surface area contributed by atoms with Crippen LogP contribution in [0.3, 0.4) is 0 Å². The Morgan fingerprint density at radius 2 is 1.90 bits per heavy atom. The van der Waals surface area contributed by atoms with E-state index >= 15 is 0 Å². The summed E-state index contributed by atoms with van der Waals surface area (Å²) >= 11 is 6.06. The molecule has 0 bridgehead atoms. The van der Waals surface area contributed by atoms with Crippen LogP contribution in [-0.2, 0) is 16.1 Å². The van der Waals surface area contributed by atoms with Gasteiger partial charge in [-0.1, -0.05) is 23.3 Å². The van der Waals surface area contributed by atoms with Gasteiger partial charge in [-0.05, 0) is 57.4 Å². The normalized spacial score (nSPS) is 17.4. The fourth-order valence-corrected chi connectivity index (χ4v) is 3.91. The zero-order valence-corrected chi connectivity index (χ0v) is 17.6. The van der Waals surface area contributed by atoms with Gasteiger partial charge in [-0.2, -0.15) is 0 Å². The van der Waals surface area contributed by atoms with Gasteiger partial charge in [0.1, 0.15) is 5.75 Å². The molecule has 1 heterocycles. The Bertz CT molecular complexity index is 839. The number of hydrogen-bond acceptors (Lipinski definition) is 5. The standard InChI is InChI=1S/C21H26ClN3O4/c1-23(13-16-12-17(22)8-9-18(16)29-2)14-25-20(27)19(26)24(21(25)28)11-10-15-6-4-3-5-7-15/h6,8-9,12H,3-5,7,10-11,13-14H2,1-2H3. The molecule has 29 heavy (non-hydrogen) atoms. The number of imide groups is 2. The third-order valence-corrected chi connectivity index (χ3v) is 5.48. The second-order valence-electron chi connectivity index (χ2n) is 7.44. The lowest BCUT2D eigenvalue weighted by Gasteiger charge is -2.23. The van der Waals surface area contributed by atoms with Gasteiger partial charge in [0.25, 0.3) is 0 Å². The highest BCUT2D eigenvalue weighted by molar-refractivity contribution is 6.44. The molecule has 7 nitrogen and oxygen atoms in total. The van der Waals surface area contributed by atoms with Crippen molar-refractivity contribution in [2.75, 3.05) is 27.4 Å². The van der Waals surface area contributed by atoms with E-state index in [1.54, 1.807) is 37.3 Å². The molecular formula is C21H26ClN3O4. The predicted octanol–water partition coefficient (Wildman–Crippen LogP) is 3.42. The number of urea groups is 1. The summed E-state index contributed by atoms with van der Waals surface area (Å²) in [7, 11) is 3.33. The number of allylic oxidation sites excluding steroid dienone is 1. The van der Waals surface area contributed by atoms with Crippen molar-refractivity contribution in [1.29, 1.82) is 0 Å². The van der Waals surface area contributed by atoms with Gasteiger partial charge in [-0.15, -0.1) is 0 Å². The van der Waals surface area contributed by atoms with E-state index in [1.165, 1.54) is 12.0 Å². The van der Waals surface area contributed by atoms with Gasteiger partial charge in [0, 0.05) is 23.7 Å². The van der Waals surface area contributed by atoms with Crippen LogP contribution in [0.25, 0.3) is 0 Å². The fourth-order valence-electron chi connectivity index (χ4n) is 3.71. The summed E-state index contributed by atoms with van der Waals surface area (Å²) in [6, 6.07) is 4.72. The van der Waals surface area contributed by atoms with Crippen LogP contribution in [0.4, 0.5) is 4.79 Å². The van der Waals surface area contributed by atoms with E-state index in [1.807, 2.05) is 0 Å². The first-order valence-corrected chi connectivity index (χ1v) is 10.1. The summed E-state index contributed by atoms with van der Waals surface area (Å²) in [5.74, 6) is -0.864. The van der Waals surface area contributed by atoms with E-state index in [0.29, 0.717) is 23.7 Å². The first-order valence-electron chi connectivity index (χ1n) is 9.77. The van der Waals surface area contributed by atoms with Crippen LogP contribution in [0.2, 0.25) is 5.02 Å². The molecule has 0 aromatic heterocycles. The monoisotopic (exact) mass is 419 g/mol.